The fraction of sp³-hybridized carbons (Fsp3) is 0. The molecule has 7 nitrogen and oxygen atoms in total. The molecule has 0 atom stereocenters. The molecule has 0 N–H and O–H groups in total. The van der Waals surface area contributed by atoms with Crippen LogP contribution in [0.25, 0.3) is 10.8 Å². The maximum absolute atomic E-state index is 13.1. The van der Waals surface area contributed by atoms with Gasteiger partial charge in [0, 0.05) is 6.07 Å². The number of anilines is 1. The second-order valence-electron chi connectivity index (χ2n) is 7.04. The first kappa shape index (κ1) is 18.5. The quantitative estimate of drug-likeness (QED) is 0.257. The fourth-order valence-corrected chi connectivity index (χ4v) is 3.63. The summed E-state index contributed by atoms with van der Waals surface area (Å²) in [5, 5.41) is 12.9. The van der Waals surface area contributed by atoms with Crippen molar-refractivity contribution < 1.29 is 19.2 Å². The van der Waals surface area contributed by atoms with E-state index in [1.165, 1.54) is 30.3 Å². The number of ether oxygens (including phenoxy) is 1. The molecule has 1 heterocycles. The average Bonchev–Trinajstić information content (AvgIpc) is 3.03. The third-order valence-electron chi connectivity index (χ3n) is 5.11. The van der Waals surface area contributed by atoms with Crippen molar-refractivity contribution in [3.63, 3.8) is 0 Å². The summed E-state index contributed by atoms with van der Waals surface area (Å²) < 4.78 is 5.69. The van der Waals surface area contributed by atoms with Crippen LogP contribution in [0.15, 0.2) is 84.9 Å². The van der Waals surface area contributed by atoms with Gasteiger partial charge in [0.05, 0.1) is 27.8 Å². The Kier molecular flexibility index (Phi) is 4.22. The number of rotatable bonds is 4. The average molecular weight is 410 g/mol. The highest BCUT2D eigenvalue weighted by atomic mass is 16.6. The highest BCUT2D eigenvalue weighted by Gasteiger charge is 2.37. The van der Waals surface area contributed by atoms with Gasteiger partial charge in [0.1, 0.15) is 11.5 Å². The summed E-state index contributed by atoms with van der Waals surface area (Å²) in [6.45, 7) is 0. The van der Waals surface area contributed by atoms with Gasteiger partial charge in [0.25, 0.3) is 17.5 Å². The monoisotopic (exact) mass is 410 g/mol. The molecule has 0 saturated heterocycles. The molecule has 0 aromatic heterocycles. The lowest BCUT2D eigenvalue weighted by Gasteiger charge is -2.14. The van der Waals surface area contributed by atoms with Gasteiger partial charge in [-0.25, -0.2) is 4.90 Å². The SMILES string of the molecule is O=C1c2ccc(Oc3cccc([N+](=O)[O-])c3)cc2C(=O)N1c1ccc2ccccc2c1. The Bertz CT molecular complexity index is 1400. The minimum absolute atomic E-state index is 0.104. The number of carbonyl (C=O) groups excluding carboxylic acids is 2. The number of hydrogen-bond donors (Lipinski definition) is 0. The van der Waals surface area contributed by atoms with Gasteiger partial charge in [-0.05, 0) is 47.2 Å². The van der Waals surface area contributed by atoms with Crippen LogP contribution in [0, 0.1) is 10.1 Å². The van der Waals surface area contributed by atoms with Crippen LogP contribution in [-0.4, -0.2) is 16.7 Å². The van der Waals surface area contributed by atoms with Crippen molar-refractivity contribution >= 4 is 34.0 Å². The Labute approximate surface area is 176 Å². The molecule has 4 aromatic rings. The van der Waals surface area contributed by atoms with Gasteiger partial charge in [-0.2, -0.15) is 0 Å². The number of imide groups is 1. The highest BCUT2D eigenvalue weighted by molar-refractivity contribution is 6.34. The van der Waals surface area contributed by atoms with E-state index in [9.17, 15) is 19.7 Å². The van der Waals surface area contributed by atoms with Crippen molar-refractivity contribution in [2.45, 2.75) is 0 Å². The molecule has 1 aliphatic heterocycles. The topological polar surface area (TPSA) is 89.7 Å². The standard InChI is InChI=1S/C24H14N2O5/c27-23-21-11-10-20(31-19-7-3-6-18(13-19)26(29)30)14-22(21)24(28)25(23)17-9-8-15-4-1-2-5-16(15)12-17/h1-14H. The van der Waals surface area contributed by atoms with Crippen LogP contribution in [0.1, 0.15) is 20.7 Å². The third kappa shape index (κ3) is 3.18. The van der Waals surface area contributed by atoms with E-state index >= 15 is 0 Å². The molecule has 0 saturated carbocycles. The maximum Gasteiger partial charge on any atom is 0.273 e. The second kappa shape index (κ2) is 7.07. The zero-order chi connectivity index (χ0) is 21.5. The fourth-order valence-electron chi connectivity index (χ4n) is 3.63. The van der Waals surface area contributed by atoms with Crippen LogP contribution >= 0.6 is 0 Å². The van der Waals surface area contributed by atoms with E-state index in [-0.39, 0.29) is 22.6 Å². The molecular weight excluding hydrogens is 396 g/mol. The van der Waals surface area contributed by atoms with E-state index in [0.29, 0.717) is 11.4 Å². The van der Waals surface area contributed by atoms with Gasteiger partial charge >= 0.3 is 0 Å². The van der Waals surface area contributed by atoms with E-state index in [2.05, 4.69) is 0 Å². The largest absolute Gasteiger partial charge is 0.457 e. The number of nitro benzene ring substituents is 1. The van der Waals surface area contributed by atoms with Gasteiger partial charge in [-0.15, -0.1) is 0 Å². The van der Waals surface area contributed by atoms with Crippen LogP contribution in [0.5, 0.6) is 11.5 Å². The molecule has 7 heteroatoms. The van der Waals surface area contributed by atoms with Gasteiger partial charge in [-0.1, -0.05) is 36.4 Å². The molecule has 0 unspecified atom stereocenters. The minimum Gasteiger partial charge on any atom is -0.457 e. The maximum atomic E-state index is 13.1. The number of benzene rings is 4. The van der Waals surface area contributed by atoms with Gasteiger partial charge in [-0.3, -0.25) is 19.7 Å². The molecular formula is C24H14N2O5. The molecule has 1 aliphatic rings. The van der Waals surface area contributed by atoms with E-state index in [1.54, 1.807) is 24.3 Å². The van der Waals surface area contributed by atoms with Crippen molar-refractivity contribution in [2.24, 2.45) is 0 Å². The number of carbonyl (C=O) groups is 2. The number of nitrogens with zero attached hydrogens (tertiary/aromatic N) is 2. The Morgan fingerprint density at radius 1 is 0.710 bits per heavy atom. The lowest BCUT2D eigenvalue weighted by atomic mass is 10.1. The molecule has 5 rings (SSSR count). The van der Waals surface area contributed by atoms with E-state index in [1.807, 2.05) is 30.3 Å². The van der Waals surface area contributed by atoms with Crippen LogP contribution in [0.4, 0.5) is 11.4 Å². The molecule has 0 aliphatic carbocycles. The third-order valence-corrected chi connectivity index (χ3v) is 5.11. The summed E-state index contributed by atoms with van der Waals surface area (Å²) in [7, 11) is 0. The Hall–Kier alpha value is -4.52. The van der Waals surface area contributed by atoms with Gasteiger partial charge in [0.15, 0.2) is 0 Å². The lowest BCUT2D eigenvalue weighted by molar-refractivity contribution is -0.384. The number of amides is 2. The van der Waals surface area contributed by atoms with E-state index in [4.69, 9.17) is 4.74 Å². The predicted octanol–water partition coefficient (Wildman–Crippen LogP) is 5.34. The van der Waals surface area contributed by atoms with Gasteiger partial charge < -0.3 is 4.74 Å². The number of hydrogen-bond acceptors (Lipinski definition) is 5. The minimum atomic E-state index is -0.515. The van der Waals surface area contributed by atoms with Crippen molar-refractivity contribution in [1.82, 2.24) is 0 Å². The van der Waals surface area contributed by atoms with E-state index < -0.39 is 16.7 Å². The molecule has 0 radical (unpaired) electrons. The molecule has 31 heavy (non-hydrogen) atoms. The highest BCUT2D eigenvalue weighted by Crippen LogP contribution is 2.34. The first-order valence-electron chi connectivity index (χ1n) is 9.45. The van der Waals surface area contributed by atoms with Crippen molar-refractivity contribution in [3.8, 4) is 11.5 Å². The molecule has 0 spiro atoms. The second-order valence-corrected chi connectivity index (χ2v) is 7.04. The van der Waals surface area contributed by atoms with Crippen LogP contribution in [-0.2, 0) is 0 Å². The first-order valence-corrected chi connectivity index (χ1v) is 9.45. The predicted molar refractivity (Wildman–Crippen MR) is 115 cm³/mol. The molecule has 4 aromatic carbocycles. The Balaban J connectivity index is 1.47. The molecule has 2 amide bonds. The van der Waals surface area contributed by atoms with Crippen LogP contribution in [0.2, 0.25) is 0 Å². The molecule has 0 bridgehead atoms. The summed E-state index contributed by atoms with van der Waals surface area (Å²) in [6, 6.07) is 23.4. The van der Waals surface area contributed by atoms with Crippen molar-refractivity contribution in [2.75, 3.05) is 4.90 Å². The summed E-state index contributed by atoms with van der Waals surface area (Å²) in [5.41, 5.74) is 0.893. The zero-order valence-electron chi connectivity index (χ0n) is 16.0. The molecule has 150 valence electrons. The summed E-state index contributed by atoms with van der Waals surface area (Å²) in [6.07, 6.45) is 0. The number of fused-ring (bicyclic) bond motifs is 2. The van der Waals surface area contributed by atoms with Crippen molar-refractivity contribution in [1.29, 1.82) is 0 Å². The van der Waals surface area contributed by atoms with Gasteiger partial charge in [0.2, 0.25) is 0 Å². The smallest absolute Gasteiger partial charge is 0.273 e. The number of non-ortho nitro benzene ring substituents is 1. The van der Waals surface area contributed by atoms with E-state index in [0.717, 1.165) is 15.7 Å². The zero-order valence-corrected chi connectivity index (χ0v) is 16.0. The summed E-state index contributed by atoms with van der Waals surface area (Å²) >= 11 is 0. The Morgan fingerprint density at radius 3 is 2.26 bits per heavy atom. The Morgan fingerprint density at radius 2 is 1.45 bits per heavy atom. The first-order chi connectivity index (χ1) is 15.0. The summed E-state index contributed by atoms with van der Waals surface area (Å²) in [5.74, 6) is -0.282. The van der Waals surface area contributed by atoms with Crippen molar-refractivity contribution in [3.05, 3.63) is 106 Å². The molecule has 0 fully saturated rings. The van der Waals surface area contributed by atoms with Crippen LogP contribution < -0.4 is 9.64 Å². The number of nitro groups is 1. The van der Waals surface area contributed by atoms with Crippen LogP contribution in [0.3, 0.4) is 0 Å². The normalized spacial score (nSPS) is 12.8. The summed E-state index contributed by atoms with van der Waals surface area (Å²) in [4.78, 5) is 37.6. The lowest BCUT2D eigenvalue weighted by Crippen LogP contribution is -2.29.